The topological polar surface area (TPSA) is 58.3 Å². The van der Waals surface area contributed by atoms with Crippen molar-refractivity contribution in [3.8, 4) is 0 Å². The molecule has 0 unspecified atom stereocenters. The van der Waals surface area contributed by atoms with E-state index in [-0.39, 0.29) is 6.10 Å². The van der Waals surface area contributed by atoms with Crippen LogP contribution in [0.1, 0.15) is 12.8 Å². The van der Waals surface area contributed by atoms with Gasteiger partial charge < -0.3 is 14.8 Å². The van der Waals surface area contributed by atoms with Crippen molar-refractivity contribution in [2.75, 3.05) is 11.9 Å². The third kappa shape index (κ3) is 1.76. The van der Waals surface area contributed by atoms with Crippen molar-refractivity contribution < 1.29 is 9.52 Å². The highest BCUT2D eigenvalue weighted by Gasteiger charge is 2.26. The molecule has 1 heterocycles. The molecule has 1 aliphatic carbocycles. The zero-order chi connectivity index (χ0) is 11.0. The van der Waals surface area contributed by atoms with Gasteiger partial charge >= 0.3 is 0 Å². The van der Waals surface area contributed by atoms with Crippen LogP contribution in [0.25, 0.3) is 11.1 Å². The van der Waals surface area contributed by atoms with Crippen LogP contribution in [0.3, 0.4) is 0 Å². The van der Waals surface area contributed by atoms with Crippen molar-refractivity contribution in [3.05, 3.63) is 24.3 Å². The number of aromatic nitrogens is 1. The van der Waals surface area contributed by atoms with Gasteiger partial charge in [0.25, 0.3) is 6.01 Å². The molecule has 1 saturated carbocycles. The number of benzene rings is 1. The monoisotopic (exact) mass is 218 g/mol. The number of nitrogens with zero attached hydrogens (tertiary/aromatic N) is 1. The third-order valence-electron chi connectivity index (χ3n) is 3.05. The Hall–Kier alpha value is -1.55. The van der Waals surface area contributed by atoms with Crippen LogP contribution >= 0.6 is 0 Å². The van der Waals surface area contributed by atoms with Crippen molar-refractivity contribution >= 4 is 17.1 Å². The minimum atomic E-state index is -0.101. The van der Waals surface area contributed by atoms with E-state index in [9.17, 15) is 0 Å². The fourth-order valence-electron chi connectivity index (χ4n) is 2.05. The van der Waals surface area contributed by atoms with Gasteiger partial charge in [-0.15, -0.1) is 0 Å². The molecule has 1 fully saturated rings. The van der Waals surface area contributed by atoms with E-state index in [0.717, 1.165) is 30.5 Å². The molecule has 2 N–H and O–H groups in total. The van der Waals surface area contributed by atoms with Gasteiger partial charge in [-0.3, -0.25) is 0 Å². The van der Waals surface area contributed by atoms with Gasteiger partial charge in [-0.25, -0.2) is 0 Å². The summed E-state index contributed by atoms with van der Waals surface area (Å²) in [6.07, 6.45) is 1.66. The van der Waals surface area contributed by atoms with E-state index in [4.69, 9.17) is 9.52 Å². The Morgan fingerprint density at radius 1 is 1.38 bits per heavy atom. The maximum atomic E-state index is 9.16. The Labute approximate surface area is 93.3 Å². The first-order valence-corrected chi connectivity index (χ1v) is 5.59. The van der Waals surface area contributed by atoms with Gasteiger partial charge in [0.2, 0.25) is 0 Å². The Morgan fingerprint density at radius 2 is 2.19 bits per heavy atom. The molecule has 0 amide bonds. The van der Waals surface area contributed by atoms with E-state index in [1.54, 1.807) is 0 Å². The van der Waals surface area contributed by atoms with E-state index in [1.165, 1.54) is 0 Å². The molecule has 0 radical (unpaired) electrons. The number of nitrogens with one attached hydrogen (secondary N) is 1. The number of hydrogen-bond acceptors (Lipinski definition) is 4. The molecular weight excluding hydrogens is 204 g/mol. The summed E-state index contributed by atoms with van der Waals surface area (Å²) >= 11 is 0. The van der Waals surface area contributed by atoms with Gasteiger partial charge in [0.05, 0.1) is 6.10 Å². The average Bonchev–Trinajstić information content (AvgIpc) is 2.65. The zero-order valence-electron chi connectivity index (χ0n) is 8.89. The summed E-state index contributed by atoms with van der Waals surface area (Å²) in [4.78, 5) is 4.32. The second kappa shape index (κ2) is 3.79. The van der Waals surface area contributed by atoms with Crippen LogP contribution in [0.15, 0.2) is 28.7 Å². The van der Waals surface area contributed by atoms with Crippen LogP contribution in [0.4, 0.5) is 6.01 Å². The first-order valence-electron chi connectivity index (χ1n) is 5.59. The van der Waals surface area contributed by atoms with Crippen molar-refractivity contribution in [1.29, 1.82) is 0 Å². The molecule has 0 aliphatic heterocycles. The second-order valence-corrected chi connectivity index (χ2v) is 4.36. The summed E-state index contributed by atoms with van der Waals surface area (Å²) in [5.41, 5.74) is 1.68. The lowest BCUT2D eigenvalue weighted by atomic mass is 9.82. The van der Waals surface area contributed by atoms with E-state index in [0.29, 0.717) is 11.9 Å². The minimum absolute atomic E-state index is 0.101. The summed E-state index contributed by atoms with van der Waals surface area (Å²) in [6, 6.07) is 8.27. The van der Waals surface area contributed by atoms with Gasteiger partial charge in [0, 0.05) is 6.54 Å². The Kier molecular flexibility index (Phi) is 2.29. The number of rotatable bonds is 3. The fourth-order valence-corrected chi connectivity index (χ4v) is 2.05. The van der Waals surface area contributed by atoms with Crippen molar-refractivity contribution in [3.63, 3.8) is 0 Å². The lowest BCUT2D eigenvalue weighted by Crippen LogP contribution is -2.33. The first-order chi connectivity index (χ1) is 7.81. The summed E-state index contributed by atoms with van der Waals surface area (Å²) in [7, 11) is 0. The van der Waals surface area contributed by atoms with Gasteiger partial charge in [-0.05, 0) is 30.9 Å². The summed E-state index contributed by atoms with van der Waals surface area (Å²) in [5, 5.41) is 12.3. The SMILES string of the molecule is OC1CC(CNc2nc3ccccc3o2)C1. The highest BCUT2D eigenvalue weighted by atomic mass is 16.4. The van der Waals surface area contributed by atoms with Crippen molar-refractivity contribution in [1.82, 2.24) is 4.98 Å². The molecule has 3 rings (SSSR count). The lowest BCUT2D eigenvalue weighted by Gasteiger charge is -2.30. The van der Waals surface area contributed by atoms with Crippen molar-refractivity contribution in [2.45, 2.75) is 18.9 Å². The smallest absolute Gasteiger partial charge is 0.295 e. The normalized spacial score (nSPS) is 24.3. The van der Waals surface area contributed by atoms with E-state index < -0.39 is 0 Å². The second-order valence-electron chi connectivity index (χ2n) is 4.36. The number of aliphatic hydroxyl groups is 1. The molecule has 16 heavy (non-hydrogen) atoms. The molecule has 0 saturated heterocycles. The summed E-state index contributed by atoms with van der Waals surface area (Å²) < 4.78 is 5.53. The predicted molar refractivity (Wildman–Crippen MR) is 61.2 cm³/mol. The molecule has 2 aromatic rings. The summed E-state index contributed by atoms with van der Waals surface area (Å²) in [6.45, 7) is 0.823. The number of aliphatic hydroxyl groups excluding tert-OH is 1. The molecule has 1 aromatic carbocycles. The minimum Gasteiger partial charge on any atom is -0.424 e. The predicted octanol–water partition coefficient (Wildman–Crippen LogP) is 2.01. The highest BCUT2D eigenvalue weighted by molar-refractivity contribution is 5.74. The summed E-state index contributed by atoms with van der Waals surface area (Å²) in [5.74, 6) is 0.546. The number of hydrogen-bond donors (Lipinski definition) is 2. The Balaban J connectivity index is 1.65. The molecule has 0 atom stereocenters. The molecule has 1 aromatic heterocycles. The number of para-hydroxylation sites is 2. The van der Waals surface area contributed by atoms with E-state index in [1.807, 2.05) is 24.3 Å². The van der Waals surface area contributed by atoms with E-state index >= 15 is 0 Å². The molecule has 4 heteroatoms. The van der Waals surface area contributed by atoms with Crippen LogP contribution in [0.2, 0.25) is 0 Å². The van der Waals surface area contributed by atoms with Crippen LogP contribution in [-0.2, 0) is 0 Å². The Bertz CT molecular complexity index is 455. The van der Waals surface area contributed by atoms with Crippen LogP contribution in [0, 0.1) is 5.92 Å². The number of anilines is 1. The maximum Gasteiger partial charge on any atom is 0.295 e. The number of fused-ring (bicyclic) bond motifs is 1. The van der Waals surface area contributed by atoms with Crippen LogP contribution in [0.5, 0.6) is 0 Å². The first kappa shape index (κ1) is 9.66. The molecule has 0 bridgehead atoms. The van der Waals surface area contributed by atoms with Crippen LogP contribution < -0.4 is 5.32 Å². The molecule has 1 aliphatic rings. The standard InChI is InChI=1S/C12H14N2O2/c15-9-5-8(6-9)7-13-12-14-10-3-1-2-4-11(10)16-12/h1-4,8-9,15H,5-7H2,(H,13,14). The largest absolute Gasteiger partial charge is 0.424 e. The average molecular weight is 218 g/mol. The quantitative estimate of drug-likeness (QED) is 0.827. The fraction of sp³-hybridized carbons (Fsp3) is 0.417. The highest BCUT2D eigenvalue weighted by Crippen LogP contribution is 2.27. The lowest BCUT2D eigenvalue weighted by molar-refractivity contribution is 0.0485. The van der Waals surface area contributed by atoms with Gasteiger partial charge in [0.15, 0.2) is 5.58 Å². The third-order valence-corrected chi connectivity index (χ3v) is 3.05. The molecular formula is C12H14N2O2. The molecule has 84 valence electrons. The molecule has 4 nitrogen and oxygen atoms in total. The van der Waals surface area contributed by atoms with Gasteiger partial charge in [-0.1, -0.05) is 12.1 Å². The maximum absolute atomic E-state index is 9.16. The number of oxazole rings is 1. The molecule has 0 spiro atoms. The van der Waals surface area contributed by atoms with Crippen LogP contribution in [-0.4, -0.2) is 22.7 Å². The van der Waals surface area contributed by atoms with E-state index in [2.05, 4.69) is 10.3 Å². The van der Waals surface area contributed by atoms with Gasteiger partial charge in [0.1, 0.15) is 5.52 Å². The Morgan fingerprint density at radius 3 is 2.94 bits per heavy atom. The van der Waals surface area contributed by atoms with Crippen molar-refractivity contribution in [2.24, 2.45) is 5.92 Å². The van der Waals surface area contributed by atoms with Gasteiger partial charge in [-0.2, -0.15) is 4.98 Å². The zero-order valence-corrected chi connectivity index (χ0v) is 8.89.